The first-order valence-corrected chi connectivity index (χ1v) is 5.68. The second-order valence-corrected chi connectivity index (χ2v) is 4.08. The molecule has 0 amide bonds. The van der Waals surface area contributed by atoms with Crippen molar-refractivity contribution in [2.75, 3.05) is 20.3 Å². The molecule has 2 rings (SSSR count). The Balaban J connectivity index is 2.07. The van der Waals surface area contributed by atoms with Crippen LogP contribution in [0.4, 0.5) is 0 Å². The van der Waals surface area contributed by atoms with E-state index in [1.165, 1.54) is 5.56 Å². The highest BCUT2D eigenvalue weighted by Crippen LogP contribution is 2.30. The molecule has 1 heterocycles. The Labute approximate surface area is 96.3 Å². The zero-order chi connectivity index (χ0) is 11.4. The summed E-state index contributed by atoms with van der Waals surface area (Å²) in [5.74, 6) is 1.64. The van der Waals surface area contributed by atoms with Gasteiger partial charge in [-0.25, -0.2) is 0 Å². The zero-order valence-corrected chi connectivity index (χ0v) is 9.86. The molecule has 16 heavy (non-hydrogen) atoms. The van der Waals surface area contributed by atoms with Crippen LogP contribution in [0.5, 0.6) is 11.5 Å². The van der Waals surface area contributed by atoms with Crippen LogP contribution in [0.2, 0.25) is 0 Å². The van der Waals surface area contributed by atoms with E-state index in [1.807, 2.05) is 25.1 Å². The Hall–Kier alpha value is -1.22. The van der Waals surface area contributed by atoms with Crippen molar-refractivity contribution in [3.8, 4) is 11.5 Å². The third-order valence-electron chi connectivity index (χ3n) is 2.78. The maximum absolute atomic E-state index is 5.93. The summed E-state index contributed by atoms with van der Waals surface area (Å²) >= 11 is 0. The molecule has 3 nitrogen and oxygen atoms in total. The molecular weight excluding hydrogens is 204 g/mol. The Morgan fingerprint density at radius 2 is 1.94 bits per heavy atom. The molecule has 1 aliphatic rings. The number of benzene rings is 1. The third-order valence-corrected chi connectivity index (χ3v) is 2.78. The topological polar surface area (TPSA) is 27.7 Å². The van der Waals surface area contributed by atoms with Gasteiger partial charge in [-0.1, -0.05) is 6.07 Å². The van der Waals surface area contributed by atoms with E-state index in [-0.39, 0.29) is 6.10 Å². The van der Waals surface area contributed by atoms with Crippen molar-refractivity contribution in [3.05, 3.63) is 23.8 Å². The smallest absolute Gasteiger partial charge is 0.161 e. The number of hydrogen-bond donors (Lipinski definition) is 0. The molecule has 1 aromatic carbocycles. The summed E-state index contributed by atoms with van der Waals surface area (Å²) in [6.45, 7) is 3.62. The van der Waals surface area contributed by atoms with Gasteiger partial charge < -0.3 is 14.2 Å². The first kappa shape index (κ1) is 11.3. The van der Waals surface area contributed by atoms with E-state index in [9.17, 15) is 0 Å². The van der Waals surface area contributed by atoms with Gasteiger partial charge in [0.05, 0.1) is 20.3 Å². The van der Waals surface area contributed by atoms with Crippen LogP contribution in [-0.4, -0.2) is 26.4 Å². The average Bonchev–Trinajstić information content (AvgIpc) is 2.33. The van der Waals surface area contributed by atoms with Crippen LogP contribution in [0.3, 0.4) is 0 Å². The minimum absolute atomic E-state index is 0.255. The SMILES string of the molecule is COc1cc(C)ccc1OC1CCOCC1. The zero-order valence-electron chi connectivity index (χ0n) is 9.86. The molecule has 0 N–H and O–H groups in total. The highest BCUT2D eigenvalue weighted by Gasteiger charge is 2.17. The lowest BCUT2D eigenvalue weighted by Gasteiger charge is -2.24. The molecule has 88 valence electrons. The van der Waals surface area contributed by atoms with Gasteiger partial charge in [-0.15, -0.1) is 0 Å². The maximum Gasteiger partial charge on any atom is 0.161 e. The monoisotopic (exact) mass is 222 g/mol. The van der Waals surface area contributed by atoms with Crippen LogP contribution in [0.15, 0.2) is 18.2 Å². The Bertz CT molecular complexity index is 343. The molecule has 0 spiro atoms. The lowest BCUT2D eigenvalue weighted by atomic mass is 10.1. The largest absolute Gasteiger partial charge is 0.493 e. The molecule has 0 saturated carbocycles. The minimum Gasteiger partial charge on any atom is -0.493 e. The number of hydrogen-bond acceptors (Lipinski definition) is 3. The van der Waals surface area contributed by atoms with E-state index >= 15 is 0 Å². The molecule has 0 aliphatic carbocycles. The standard InChI is InChI=1S/C13H18O3/c1-10-3-4-12(13(9-10)14-2)16-11-5-7-15-8-6-11/h3-4,9,11H,5-8H2,1-2H3. The van der Waals surface area contributed by atoms with E-state index in [0.717, 1.165) is 37.6 Å². The molecule has 0 atom stereocenters. The number of ether oxygens (including phenoxy) is 3. The van der Waals surface area contributed by atoms with Gasteiger partial charge >= 0.3 is 0 Å². The molecule has 1 aromatic rings. The number of methoxy groups -OCH3 is 1. The van der Waals surface area contributed by atoms with Crippen LogP contribution >= 0.6 is 0 Å². The predicted molar refractivity (Wildman–Crippen MR) is 62.2 cm³/mol. The van der Waals surface area contributed by atoms with Crippen molar-refractivity contribution in [2.24, 2.45) is 0 Å². The molecule has 0 aromatic heterocycles. The fourth-order valence-corrected chi connectivity index (χ4v) is 1.85. The molecule has 1 saturated heterocycles. The normalized spacial score (nSPS) is 17.1. The van der Waals surface area contributed by atoms with Crippen molar-refractivity contribution in [1.82, 2.24) is 0 Å². The molecule has 1 fully saturated rings. The van der Waals surface area contributed by atoms with E-state index in [4.69, 9.17) is 14.2 Å². The summed E-state index contributed by atoms with van der Waals surface area (Å²) in [6.07, 6.45) is 2.17. The van der Waals surface area contributed by atoms with E-state index < -0.39 is 0 Å². The van der Waals surface area contributed by atoms with Gasteiger partial charge in [-0.3, -0.25) is 0 Å². The lowest BCUT2D eigenvalue weighted by Crippen LogP contribution is -2.26. The maximum atomic E-state index is 5.93. The minimum atomic E-state index is 0.255. The Kier molecular flexibility index (Phi) is 3.67. The van der Waals surface area contributed by atoms with Crippen LogP contribution in [-0.2, 0) is 4.74 Å². The molecule has 0 bridgehead atoms. The Morgan fingerprint density at radius 3 is 2.62 bits per heavy atom. The summed E-state index contributed by atoms with van der Waals surface area (Å²) in [6, 6.07) is 6.01. The van der Waals surface area contributed by atoms with Gasteiger partial charge in [0, 0.05) is 12.8 Å². The molecule has 0 radical (unpaired) electrons. The Morgan fingerprint density at radius 1 is 1.19 bits per heavy atom. The highest BCUT2D eigenvalue weighted by molar-refractivity contribution is 5.42. The van der Waals surface area contributed by atoms with Crippen molar-refractivity contribution in [2.45, 2.75) is 25.9 Å². The van der Waals surface area contributed by atoms with Crippen molar-refractivity contribution >= 4 is 0 Å². The fourth-order valence-electron chi connectivity index (χ4n) is 1.85. The van der Waals surface area contributed by atoms with Gasteiger partial charge in [0.15, 0.2) is 11.5 Å². The second-order valence-electron chi connectivity index (χ2n) is 4.08. The lowest BCUT2D eigenvalue weighted by molar-refractivity contribution is 0.0245. The van der Waals surface area contributed by atoms with Gasteiger partial charge in [0.25, 0.3) is 0 Å². The molecular formula is C13H18O3. The van der Waals surface area contributed by atoms with Crippen molar-refractivity contribution in [1.29, 1.82) is 0 Å². The number of rotatable bonds is 3. The van der Waals surface area contributed by atoms with E-state index in [2.05, 4.69) is 0 Å². The summed E-state index contributed by atoms with van der Waals surface area (Å²) in [7, 11) is 1.67. The van der Waals surface area contributed by atoms with Crippen LogP contribution in [0.25, 0.3) is 0 Å². The van der Waals surface area contributed by atoms with Crippen molar-refractivity contribution < 1.29 is 14.2 Å². The van der Waals surface area contributed by atoms with E-state index in [1.54, 1.807) is 7.11 Å². The molecule has 1 aliphatic heterocycles. The van der Waals surface area contributed by atoms with Crippen LogP contribution in [0, 0.1) is 6.92 Å². The van der Waals surface area contributed by atoms with Crippen molar-refractivity contribution in [3.63, 3.8) is 0 Å². The summed E-state index contributed by atoms with van der Waals surface area (Å²) in [5, 5.41) is 0. The summed E-state index contributed by atoms with van der Waals surface area (Å²) in [5.41, 5.74) is 1.18. The third kappa shape index (κ3) is 2.67. The first-order valence-electron chi connectivity index (χ1n) is 5.68. The predicted octanol–water partition coefficient (Wildman–Crippen LogP) is 2.56. The van der Waals surface area contributed by atoms with Gasteiger partial charge in [0.2, 0.25) is 0 Å². The van der Waals surface area contributed by atoms with Gasteiger partial charge in [-0.2, -0.15) is 0 Å². The van der Waals surface area contributed by atoms with Gasteiger partial charge in [-0.05, 0) is 24.6 Å². The fraction of sp³-hybridized carbons (Fsp3) is 0.538. The van der Waals surface area contributed by atoms with Gasteiger partial charge in [0.1, 0.15) is 6.10 Å². The molecule has 0 unspecified atom stereocenters. The van der Waals surface area contributed by atoms with Crippen LogP contribution in [0.1, 0.15) is 18.4 Å². The van der Waals surface area contributed by atoms with Crippen LogP contribution < -0.4 is 9.47 Å². The summed E-state index contributed by atoms with van der Waals surface area (Å²) in [4.78, 5) is 0. The van der Waals surface area contributed by atoms with E-state index in [0.29, 0.717) is 0 Å². The highest BCUT2D eigenvalue weighted by atomic mass is 16.5. The first-order chi connectivity index (χ1) is 7.79. The number of aryl methyl sites for hydroxylation is 1. The molecule has 3 heteroatoms. The average molecular weight is 222 g/mol. The second kappa shape index (κ2) is 5.21. The quantitative estimate of drug-likeness (QED) is 0.786. The summed E-state index contributed by atoms with van der Waals surface area (Å²) < 4.78 is 16.5.